The fourth-order valence-corrected chi connectivity index (χ4v) is 3.17. The summed E-state index contributed by atoms with van der Waals surface area (Å²) >= 11 is 0. The van der Waals surface area contributed by atoms with Gasteiger partial charge in [0, 0.05) is 13.2 Å². The summed E-state index contributed by atoms with van der Waals surface area (Å²) in [7, 11) is 0. The maximum Gasteiger partial charge on any atom is 0.416 e. The molecule has 0 saturated carbocycles. The van der Waals surface area contributed by atoms with Gasteiger partial charge >= 0.3 is 6.18 Å². The summed E-state index contributed by atoms with van der Waals surface area (Å²) in [5.41, 5.74) is 0.409. The van der Waals surface area contributed by atoms with Crippen molar-refractivity contribution < 1.29 is 17.9 Å². The zero-order valence-electron chi connectivity index (χ0n) is 12.0. The van der Waals surface area contributed by atoms with Gasteiger partial charge in [-0.3, -0.25) is 0 Å². The number of hydrogen-bond donors (Lipinski definition) is 0. The number of benzene rings is 1. The number of ether oxygens (including phenoxy) is 1. The third kappa shape index (κ3) is 3.35. The van der Waals surface area contributed by atoms with E-state index in [0.29, 0.717) is 19.1 Å². The second-order valence-electron chi connectivity index (χ2n) is 6.07. The Kier molecular flexibility index (Phi) is 4.43. The first-order chi connectivity index (χ1) is 9.33. The van der Waals surface area contributed by atoms with E-state index in [-0.39, 0.29) is 5.41 Å². The molecular weight excluding hydrogens is 265 g/mol. The van der Waals surface area contributed by atoms with Crippen LogP contribution < -0.4 is 0 Å². The van der Waals surface area contributed by atoms with E-state index in [1.54, 1.807) is 12.1 Å². The van der Waals surface area contributed by atoms with E-state index in [1.165, 1.54) is 12.1 Å². The van der Waals surface area contributed by atoms with Crippen LogP contribution in [0.15, 0.2) is 24.3 Å². The van der Waals surface area contributed by atoms with Crippen molar-refractivity contribution in [1.29, 1.82) is 0 Å². The minimum Gasteiger partial charge on any atom is -0.381 e. The van der Waals surface area contributed by atoms with E-state index >= 15 is 0 Å². The molecule has 0 bridgehead atoms. The Morgan fingerprint density at radius 2 is 1.65 bits per heavy atom. The van der Waals surface area contributed by atoms with Crippen molar-refractivity contribution in [3.63, 3.8) is 0 Å². The van der Waals surface area contributed by atoms with Crippen LogP contribution in [0.4, 0.5) is 13.2 Å². The fraction of sp³-hybridized carbons (Fsp3) is 0.625. The van der Waals surface area contributed by atoms with E-state index in [2.05, 4.69) is 13.8 Å². The molecule has 0 atom stereocenters. The van der Waals surface area contributed by atoms with Crippen LogP contribution >= 0.6 is 0 Å². The Morgan fingerprint density at radius 3 is 2.10 bits per heavy atom. The summed E-state index contributed by atoms with van der Waals surface area (Å²) < 4.78 is 43.4. The molecule has 1 heterocycles. The summed E-state index contributed by atoms with van der Waals surface area (Å²) in [6.07, 6.45) is -1.51. The molecule has 1 aromatic rings. The minimum atomic E-state index is -4.26. The zero-order chi connectivity index (χ0) is 14.8. The predicted octanol–water partition coefficient (Wildman–Crippen LogP) is 4.80. The van der Waals surface area contributed by atoms with Gasteiger partial charge in [-0.05, 0) is 48.3 Å². The van der Waals surface area contributed by atoms with E-state index in [0.717, 1.165) is 24.8 Å². The molecular formula is C16H21F3O. The van der Waals surface area contributed by atoms with Crippen LogP contribution in [0.1, 0.15) is 44.2 Å². The lowest BCUT2D eigenvalue weighted by atomic mass is 9.69. The molecule has 1 nitrogen and oxygen atoms in total. The second-order valence-corrected chi connectivity index (χ2v) is 6.07. The average molecular weight is 286 g/mol. The van der Waals surface area contributed by atoms with Gasteiger partial charge in [-0.25, -0.2) is 0 Å². The van der Waals surface area contributed by atoms with Gasteiger partial charge in [-0.2, -0.15) is 13.2 Å². The number of halogens is 3. The molecule has 0 aromatic heterocycles. The molecule has 1 fully saturated rings. The van der Waals surface area contributed by atoms with E-state index < -0.39 is 11.7 Å². The van der Waals surface area contributed by atoms with E-state index in [9.17, 15) is 13.2 Å². The van der Waals surface area contributed by atoms with Crippen molar-refractivity contribution in [2.75, 3.05) is 13.2 Å². The lowest BCUT2D eigenvalue weighted by Crippen LogP contribution is -2.35. The highest BCUT2D eigenvalue weighted by Crippen LogP contribution is 2.41. The van der Waals surface area contributed by atoms with Crippen LogP contribution in [-0.4, -0.2) is 13.2 Å². The van der Waals surface area contributed by atoms with Crippen LogP contribution in [0, 0.1) is 5.92 Å². The summed E-state index contributed by atoms with van der Waals surface area (Å²) in [4.78, 5) is 0. The highest BCUT2D eigenvalue weighted by Gasteiger charge is 2.36. The smallest absolute Gasteiger partial charge is 0.381 e. The molecule has 0 aliphatic carbocycles. The van der Waals surface area contributed by atoms with Gasteiger partial charge in [0.05, 0.1) is 5.56 Å². The number of rotatable bonds is 3. The van der Waals surface area contributed by atoms with Gasteiger partial charge in [-0.1, -0.05) is 26.0 Å². The normalized spacial score (nSPS) is 19.3. The van der Waals surface area contributed by atoms with Gasteiger partial charge in [0.1, 0.15) is 0 Å². The van der Waals surface area contributed by atoms with Crippen molar-refractivity contribution in [1.82, 2.24) is 0 Å². The van der Waals surface area contributed by atoms with Crippen LogP contribution in [0.5, 0.6) is 0 Å². The highest BCUT2D eigenvalue weighted by atomic mass is 19.4. The lowest BCUT2D eigenvalue weighted by Gasteiger charge is -2.39. The molecule has 2 rings (SSSR count). The highest BCUT2D eigenvalue weighted by molar-refractivity contribution is 5.31. The third-order valence-electron chi connectivity index (χ3n) is 4.07. The van der Waals surface area contributed by atoms with Crippen molar-refractivity contribution >= 4 is 0 Å². The molecule has 1 aliphatic heterocycles. The fourth-order valence-electron chi connectivity index (χ4n) is 3.17. The van der Waals surface area contributed by atoms with Gasteiger partial charge in [0.2, 0.25) is 0 Å². The van der Waals surface area contributed by atoms with Gasteiger partial charge in [0.15, 0.2) is 0 Å². The van der Waals surface area contributed by atoms with Gasteiger partial charge in [-0.15, -0.1) is 0 Å². The van der Waals surface area contributed by atoms with E-state index in [4.69, 9.17) is 4.74 Å². The Bertz CT molecular complexity index is 428. The van der Waals surface area contributed by atoms with Gasteiger partial charge in [0.25, 0.3) is 0 Å². The Balaban J connectivity index is 2.29. The average Bonchev–Trinajstić information content (AvgIpc) is 2.38. The molecule has 0 spiro atoms. The molecule has 1 saturated heterocycles. The molecule has 112 valence electrons. The molecule has 0 radical (unpaired) electrons. The van der Waals surface area contributed by atoms with Crippen molar-refractivity contribution in [3.8, 4) is 0 Å². The van der Waals surface area contributed by atoms with Crippen LogP contribution in [0.2, 0.25) is 0 Å². The zero-order valence-corrected chi connectivity index (χ0v) is 12.0. The molecule has 1 aromatic carbocycles. The first-order valence-electron chi connectivity index (χ1n) is 7.09. The molecule has 1 aliphatic rings. The first kappa shape index (κ1) is 15.4. The monoisotopic (exact) mass is 286 g/mol. The predicted molar refractivity (Wildman–Crippen MR) is 72.6 cm³/mol. The largest absolute Gasteiger partial charge is 0.416 e. The van der Waals surface area contributed by atoms with Gasteiger partial charge < -0.3 is 4.74 Å². The first-order valence-corrected chi connectivity index (χ1v) is 7.09. The molecule has 0 amide bonds. The molecule has 0 unspecified atom stereocenters. The van der Waals surface area contributed by atoms with Crippen molar-refractivity contribution in [2.24, 2.45) is 5.92 Å². The Hall–Kier alpha value is -1.03. The summed E-state index contributed by atoms with van der Waals surface area (Å²) in [6, 6.07) is 5.70. The summed E-state index contributed by atoms with van der Waals surface area (Å²) in [5, 5.41) is 0. The lowest BCUT2D eigenvalue weighted by molar-refractivity contribution is -0.137. The quantitative estimate of drug-likeness (QED) is 0.775. The minimum absolute atomic E-state index is 0.0312. The van der Waals surface area contributed by atoms with Crippen molar-refractivity contribution in [3.05, 3.63) is 35.4 Å². The van der Waals surface area contributed by atoms with Crippen LogP contribution in [0.25, 0.3) is 0 Å². The number of alkyl halides is 3. The maximum atomic E-state index is 12.6. The SMILES string of the molecule is CC(C)CC1(c2ccc(C(F)(F)F)cc2)CCOCC1. The third-order valence-corrected chi connectivity index (χ3v) is 4.07. The van der Waals surface area contributed by atoms with E-state index in [1.807, 2.05) is 0 Å². The van der Waals surface area contributed by atoms with Crippen LogP contribution in [0.3, 0.4) is 0 Å². The molecule has 20 heavy (non-hydrogen) atoms. The second kappa shape index (κ2) is 5.76. The molecule has 4 heteroatoms. The Labute approximate surface area is 118 Å². The summed E-state index contributed by atoms with van der Waals surface area (Å²) in [6.45, 7) is 5.68. The maximum absolute atomic E-state index is 12.6. The van der Waals surface area contributed by atoms with Crippen molar-refractivity contribution in [2.45, 2.75) is 44.7 Å². The summed E-state index contributed by atoms with van der Waals surface area (Å²) in [5.74, 6) is 0.510. The molecule has 0 N–H and O–H groups in total. The topological polar surface area (TPSA) is 9.23 Å². The number of hydrogen-bond acceptors (Lipinski definition) is 1. The standard InChI is InChI=1S/C16H21F3O/c1-12(2)11-15(7-9-20-10-8-15)13-3-5-14(6-4-13)16(17,18)19/h3-6,12H,7-11H2,1-2H3. The van der Waals surface area contributed by atoms with Crippen LogP contribution in [-0.2, 0) is 16.3 Å². The Morgan fingerprint density at radius 1 is 1.10 bits per heavy atom.